The molecule has 2 atom stereocenters. The first-order valence-corrected chi connectivity index (χ1v) is 8.05. The molecule has 0 saturated carbocycles. The molecule has 4 heteroatoms. The molecular weight excluding hydrogens is 280 g/mol. The zero-order valence-corrected chi connectivity index (χ0v) is 12.5. The number of nitrogens with zero attached hydrogens (tertiary/aromatic N) is 2. The van der Waals surface area contributed by atoms with Gasteiger partial charge in [0.1, 0.15) is 0 Å². The molecule has 2 unspecified atom stereocenters. The van der Waals surface area contributed by atoms with Gasteiger partial charge < -0.3 is 9.64 Å². The molecule has 17 heavy (non-hydrogen) atoms. The summed E-state index contributed by atoms with van der Waals surface area (Å²) in [4.78, 5) is 5.27. The lowest BCUT2D eigenvalue weighted by molar-refractivity contribution is 0.0183. The first-order chi connectivity index (χ1) is 8.33. The molecule has 2 aliphatic heterocycles. The van der Waals surface area contributed by atoms with Crippen LogP contribution in [0, 0.1) is 5.92 Å². The van der Waals surface area contributed by atoms with Gasteiger partial charge in [0.2, 0.25) is 0 Å². The van der Waals surface area contributed by atoms with Crippen molar-refractivity contribution in [2.75, 3.05) is 51.3 Å². The molecule has 2 fully saturated rings. The van der Waals surface area contributed by atoms with Crippen molar-refractivity contribution in [3.8, 4) is 0 Å². The van der Waals surface area contributed by atoms with Crippen molar-refractivity contribution in [1.29, 1.82) is 0 Å². The van der Waals surface area contributed by atoms with E-state index < -0.39 is 0 Å². The van der Waals surface area contributed by atoms with Crippen LogP contribution in [0.15, 0.2) is 0 Å². The van der Waals surface area contributed by atoms with E-state index in [9.17, 15) is 0 Å². The Kier molecular flexibility index (Phi) is 5.74. The minimum Gasteiger partial charge on any atom is -0.379 e. The molecule has 3 nitrogen and oxygen atoms in total. The molecule has 0 aromatic heterocycles. The minimum absolute atomic E-state index is 0.784. The predicted molar refractivity (Wildman–Crippen MR) is 74.8 cm³/mol. The van der Waals surface area contributed by atoms with Gasteiger partial charge in [0.15, 0.2) is 0 Å². The van der Waals surface area contributed by atoms with Gasteiger partial charge in [0, 0.05) is 37.6 Å². The zero-order chi connectivity index (χ0) is 12.1. The fraction of sp³-hybridized carbons (Fsp3) is 1.00. The molecule has 0 aromatic carbocycles. The molecule has 100 valence electrons. The van der Waals surface area contributed by atoms with Crippen LogP contribution in [0.1, 0.15) is 19.8 Å². The quantitative estimate of drug-likeness (QED) is 0.721. The highest BCUT2D eigenvalue weighted by atomic mass is 79.9. The van der Waals surface area contributed by atoms with Crippen molar-refractivity contribution >= 4 is 15.9 Å². The van der Waals surface area contributed by atoms with E-state index in [1.54, 1.807) is 0 Å². The Morgan fingerprint density at radius 2 is 2.06 bits per heavy atom. The number of rotatable bonds is 5. The second-order valence-corrected chi connectivity index (χ2v) is 5.93. The first kappa shape index (κ1) is 13.8. The van der Waals surface area contributed by atoms with Crippen LogP contribution in [0.25, 0.3) is 0 Å². The molecular formula is C13H25BrN2O. The zero-order valence-electron chi connectivity index (χ0n) is 10.9. The van der Waals surface area contributed by atoms with Gasteiger partial charge in [0.25, 0.3) is 0 Å². The van der Waals surface area contributed by atoms with E-state index in [1.165, 1.54) is 32.5 Å². The summed E-state index contributed by atoms with van der Waals surface area (Å²) >= 11 is 3.62. The molecule has 2 aliphatic rings. The Morgan fingerprint density at radius 3 is 2.71 bits per heavy atom. The van der Waals surface area contributed by atoms with Crippen LogP contribution in [-0.2, 0) is 4.74 Å². The van der Waals surface area contributed by atoms with Gasteiger partial charge in [-0.1, -0.05) is 29.3 Å². The van der Waals surface area contributed by atoms with Crippen LogP contribution in [0.2, 0.25) is 0 Å². The van der Waals surface area contributed by atoms with Gasteiger partial charge in [0.05, 0.1) is 13.2 Å². The number of ether oxygens (including phenoxy) is 1. The summed E-state index contributed by atoms with van der Waals surface area (Å²) in [6.45, 7) is 10.2. The summed E-state index contributed by atoms with van der Waals surface area (Å²) in [6, 6.07) is 0.784. The Labute approximate surface area is 114 Å². The highest BCUT2D eigenvalue weighted by molar-refractivity contribution is 9.09. The van der Waals surface area contributed by atoms with Crippen LogP contribution in [0.4, 0.5) is 0 Å². The molecule has 2 rings (SSSR count). The summed E-state index contributed by atoms with van der Waals surface area (Å²) in [5.41, 5.74) is 0. The van der Waals surface area contributed by atoms with Crippen LogP contribution in [0.3, 0.4) is 0 Å². The largest absolute Gasteiger partial charge is 0.379 e. The number of hydrogen-bond acceptors (Lipinski definition) is 3. The van der Waals surface area contributed by atoms with Crippen molar-refractivity contribution in [2.45, 2.75) is 25.8 Å². The number of hydrogen-bond donors (Lipinski definition) is 0. The van der Waals surface area contributed by atoms with Crippen molar-refractivity contribution in [3.05, 3.63) is 0 Å². The van der Waals surface area contributed by atoms with E-state index in [1.807, 2.05) is 0 Å². The molecule has 0 amide bonds. The van der Waals surface area contributed by atoms with Gasteiger partial charge in [-0.15, -0.1) is 0 Å². The Bertz CT molecular complexity index is 217. The van der Waals surface area contributed by atoms with Crippen molar-refractivity contribution < 1.29 is 4.74 Å². The van der Waals surface area contributed by atoms with E-state index in [-0.39, 0.29) is 0 Å². The van der Waals surface area contributed by atoms with Crippen LogP contribution < -0.4 is 0 Å². The Morgan fingerprint density at radius 1 is 1.29 bits per heavy atom. The third-order valence-corrected chi connectivity index (χ3v) is 5.04. The number of morpholine rings is 1. The van der Waals surface area contributed by atoms with Crippen LogP contribution in [-0.4, -0.2) is 67.1 Å². The summed E-state index contributed by atoms with van der Waals surface area (Å²) < 4.78 is 5.42. The predicted octanol–water partition coefficient (Wildman–Crippen LogP) is 1.81. The van der Waals surface area contributed by atoms with E-state index in [4.69, 9.17) is 4.74 Å². The SMILES string of the molecule is CCC(CBr)CN1CCC(N2CCOCC2)C1. The van der Waals surface area contributed by atoms with E-state index in [2.05, 4.69) is 32.7 Å². The standard InChI is InChI=1S/C13H25BrN2O/c1-2-12(9-14)10-15-4-3-13(11-15)16-5-7-17-8-6-16/h12-13H,2-11H2,1H3. The molecule has 0 N–H and O–H groups in total. The fourth-order valence-electron chi connectivity index (χ4n) is 2.87. The molecule has 0 radical (unpaired) electrons. The smallest absolute Gasteiger partial charge is 0.0594 e. The van der Waals surface area contributed by atoms with E-state index >= 15 is 0 Å². The van der Waals surface area contributed by atoms with E-state index in [0.29, 0.717) is 0 Å². The Balaban J connectivity index is 1.74. The van der Waals surface area contributed by atoms with Crippen molar-refractivity contribution in [1.82, 2.24) is 9.80 Å². The first-order valence-electron chi connectivity index (χ1n) is 6.93. The van der Waals surface area contributed by atoms with Crippen LogP contribution >= 0.6 is 15.9 Å². The highest BCUT2D eigenvalue weighted by Gasteiger charge is 2.29. The number of halogens is 1. The van der Waals surface area contributed by atoms with Gasteiger partial charge in [-0.25, -0.2) is 0 Å². The third-order valence-electron chi connectivity index (χ3n) is 4.12. The number of likely N-dealkylation sites (tertiary alicyclic amines) is 1. The molecule has 2 heterocycles. The van der Waals surface area contributed by atoms with Crippen molar-refractivity contribution in [3.63, 3.8) is 0 Å². The lowest BCUT2D eigenvalue weighted by Gasteiger charge is -2.32. The second-order valence-electron chi connectivity index (χ2n) is 5.28. The average Bonchev–Trinajstić information content (AvgIpc) is 2.85. The summed E-state index contributed by atoms with van der Waals surface area (Å²) in [5.74, 6) is 0.818. The fourth-order valence-corrected chi connectivity index (χ4v) is 3.53. The topological polar surface area (TPSA) is 15.7 Å². The molecule has 0 aliphatic carbocycles. The van der Waals surface area contributed by atoms with Gasteiger partial charge in [-0.3, -0.25) is 4.90 Å². The van der Waals surface area contributed by atoms with Gasteiger partial charge in [-0.05, 0) is 18.9 Å². The monoisotopic (exact) mass is 304 g/mol. The maximum Gasteiger partial charge on any atom is 0.0594 e. The summed E-state index contributed by atoms with van der Waals surface area (Å²) in [7, 11) is 0. The second kappa shape index (κ2) is 7.07. The van der Waals surface area contributed by atoms with Gasteiger partial charge >= 0.3 is 0 Å². The van der Waals surface area contributed by atoms with Gasteiger partial charge in [-0.2, -0.15) is 0 Å². The molecule has 2 saturated heterocycles. The molecule has 0 aromatic rings. The third kappa shape index (κ3) is 3.91. The lowest BCUT2D eigenvalue weighted by Crippen LogP contribution is -2.45. The summed E-state index contributed by atoms with van der Waals surface area (Å²) in [6.07, 6.45) is 2.63. The molecule has 0 bridgehead atoms. The van der Waals surface area contributed by atoms with Crippen molar-refractivity contribution in [2.24, 2.45) is 5.92 Å². The Hall–Kier alpha value is 0.360. The van der Waals surface area contributed by atoms with E-state index in [0.717, 1.165) is 43.6 Å². The van der Waals surface area contributed by atoms with Crippen LogP contribution in [0.5, 0.6) is 0 Å². The lowest BCUT2D eigenvalue weighted by atomic mass is 10.1. The maximum atomic E-state index is 5.42. The summed E-state index contributed by atoms with van der Waals surface area (Å²) in [5, 5.41) is 1.14. The maximum absolute atomic E-state index is 5.42. The normalized spacial score (nSPS) is 29.6. The average molecular weight is 305 g/mol. The highest BCUT2D eigenvalue weighted by Crippen LogP contribution is 2.19. The molecule has 0 spiro atoms. The number of alkyl halides is 1. The minimum atomic E-state index is 0.784.